The van der Waals surface area contributed by atoms with Crippen LogP contribution in [0, 0.1) is 0 Å². The topological polar surface area (TPSA) is 85.6 Å². The van der Waals surface area contributed by atoms with Crippen LogP contribution in [0.2, 0.25) is 0 Å². The van der Waals surface area contributed by atoms with Crippen molar-refractivity contribution in [3.05, 3.63) is 61.1 Å². The van der Waals surface area contributed by atoms with Crippen LogP contribution in [0.4, 0.5) is 5.69 Å². The van der Waals surface area contributed by atoms with E-state index in [4.69, 9.17) is 0 Å². The van der Waals surface area contributed by atoms with Gasteiger partial charge in [0.25, 0.3) is 0 Å². The van der Waals surface area contributed by atoms with Gasteiger partial charge in [0.05, 0.1) is 17.0 Å². The number of carbonyl (C=O) groups excluding carboxylic acids is 1. The number of amides is 1. The van der Waals surface area contributed by atoms with Crippen molar-refractivity contribution in [2.24, 2.45) is 0 Å². The highest BCUT2D eigenvalue weighted by Gasteiger charge is 2.15. The summed E-state index contributed by atoms with van der Waals surface area (Å²) in [5.74, 6) is 0.863. The molecule has 1 N–H and O–H groups in total. The molecule has 7 nitrogen and oxygen atoms in total. The Morgan fingerprint density at radius 2 is 1.96 bits per heavy atom. The van der Waals surface area contributed by atoms with E-state index in [0.29, 0.717) is 17.4 Å². The van der Waals surface area contributed by atoms with Crippen molar-refractivity contribution in [3.63, 3.8) is 0 Å². The monoisotopic (exact) mass is 390 g/mol. The third kappa shape index (κ3) is 3.72. The molecule has 0 fully saturated rings. The number of benzene rings is 1. The number of nitrogens with one attached hydrogen (secondary N) is 1. The number of carbonyl (C=O) groups is 1. The van der Waals surface area contributed by atoms with Crippen molar-refractivity contribution >= 4 is 34.3 Å². The summed E-state index contributed by atoms with van der Waals surface area (Å²) in [6, 6.07) is 13.4. The molecule has 3 aromatic heterocycles. The lowest BCUT2D eigenvalue weighted by Gasteiger charge is -2.09. The van der Waals surface area contributed by atoms with Gasteiger partial charge in [-0.1, -0.05) is 30.0 Å². The van der Waals surface area contributed by atoms with Crippen LogP contribution >= 0.6 is 11.8 Å². The average Bonchev–Trinajstić information content (AvgIpc) is 3.16. The zero-order valence-corrected chi connectivity index (χ0v) is 16.1. The van der Waals surface area contributed by atoms with E-state index in [9.17, 15) is 4.79 Å². The van der Waals surface area contributed by atoms with Crippen LogP contribution in [0.1, 0.15) is 6.92 Å². The predicted molar refractivity (Wildman–Crippen MR) is 110 cm³/mol. The predicted octanol–water partition coefficient (Wildman–Crippen LogP) is 3.64. The summed E-state index contributed by atoms with van der Waals surface area (Å²) in [5.41, 5.74) is 2.38. The standard InChI is InChI=1S/C20H18N6OS/c1-2-26-19(15-8-4-10-21-12-15)24-25-20(26)28-13-17(27)23-16-9-3-6-14-7-5-11-22-18(14)16/h3-12H,2,13H2,1H3,(H,23,27). The Kier molecular flexibility index (Phi) is 5.29. The molecule has 0 atom stereocenters. The third-order valence-electron chi connectivity index (χ3n) is 4.19. The van der Waals surface area contributed by atoms with E-state index in [1.54, 1.807) is 18.6 Å². The highest BCUT2D eigenvalue weighted by molar-refractivity contribution is 7.99. The van der Waals surface area contributed by atoms with Gasteiger partial charge in [-0.25, -0.2) is 0 Å². The molecule has 0 saturated heterocycles. The van der Waals surface area contributed by atoms with E-state index in [1.165, 1.54) is 11.8 Å². The molecule has 0 radical (unpaired) electrons. The maximum absolute atomic E-state index is 12.5. The Balaban J connectivity index is 1.47. The number of anilines is 1. The van der Waals surface area contributed by atoms with Crippen LogP contribution in [0.25, 0.3) is 22.3 Å². The molecule has 140 valence electrons. The van der Waals surface area contributed by atoms with E-state index in [-0.39, 0.29) is 11.7 Å². The molecule has 1 amide bonds. The van der Waals surface area contributed by atoms with E-state index in [0.717, 1.165) is 22.3 Å². The number of rotatable bonds is 6. The van der Waals surface area contributed by atoms with Gasteiger partial charge in [0.2, 0.25) is 5.91 Å². The normalized spacial score (nSPS) is 10.9. The SMILES string of the molecule is CCn1c(SCC(=O)Nc2cccc3cccnc23)nnc1-c1cccnc1. The first-order chi connectivity index (χ1) is 13.8. The van der Waals surface area contributed by atoms with E-state index < -0.39 is 0 Å². The molecule has 3 heterocycles. The number of fused-ring (bicyclic) bond motifs is 1. The Labute approximate surface area is 166 Å². The van der Waals surface area contributed by atoms with Gasteiger partial charge in [0.1, 0.15) is 0 Å². The molecule has 0 aliphatic carbocycles. The van der Waals surface area contributed by atoms with Gasteiger partial charge < -0.3 is 9.88 Å². The van der Waals surface area contributed by atoms with E-state index >= 15 is 0 Å². The highest BCUT2D eigenvalue weighted by Crippen LogP contribution is 2.24. The second-order valence-corrected chi connectivity index (χ2v) is 6.95. The van der Waals surface area contributed by atoms with Crippen LogP contribution in [0.15, 0.2) is 66.2 Å². The molecular formula is C20H18N6OS. The molecule has 28 heavy (non-hydrogen) atoms. The number of nitrogens with zero attached hydrogens (tertiary/aromatic N) is 5. The van der Waals surface area contributed by atoms with Crippen molar-refractivity contribution in [2.45, 2.75) is 18.6 Å². The Bertz CT molecular complexity index is 1110. The van der Waals surface area contributed by atoms with E-state index in [2.05, 4.69) is 25.5 Å². The summed E-state index contributed by atoms with van der Waals surface area (Å²) in [7, 11) is 0. The van der Waals surface area contributed by atoms with Crippen molar-refractivity contribution in [2.75, 3.05) is 11.1 Å². The van der Waals surface area contributed by atoms with Crippen LogP contribution in [0.5, 0.6) is 0 Å². The van der Waals surface area contributed by atoms with Gasteiger partial charge in [0.15, 0.2) is 11.0 Å². The number of pyridine rings is 2. The number of hydrogen-bond acceptors (Lipinski definition) is 6. The van der Waals surface area contributed by atoms with Crippen molar-refractivity contribution in [1.82, 2.24) is 24.7 Å². The second-order valence-electron chi connectivity index (χ2n) is 6.01. The number of para-hydroxylation sites is 1. The Hall–Kier alpha value is -3.26. The van der Waals surface area contributed by atoms with Crippen LogP contribution in [-0.4, -0.2) is 36.4 Å². The van der Waals surface area contributed by atoms with Gasteiger partial charge in [-0.15, -0.1) is 10.2 Å². The lowest BCUT2D eigenvalue weighted by molar-refractivity contribution is -0.113. The summed E-state index contributed by atoms with van der Waals surface area (Å²) >= 11 is 1.36. The lowest BCUT2D eigenvalue weighted by Crippen LogP contribution is -2.15. The van der Waals surface area contributed by atoms with Crippen molar-refractivity contribution in [3.8, 4) is 11.4 Å². The fourth-order valence-corrected chi connectivity index (χ4v) is 3.71. The quantitative estimate of drug-likeness (QED) is 0.506. The molecule has 0 aliphatic rings. The molecule has 4 aromatic rings. The van der Waals surface area contributed by atoms with Gasteiger partial charge in [-0.2, -0.15) is 0 Å². The highest BCUT2D eigenvalue weighted by atomic mass is 32.2. The van der Waals surface area contributed by atoms with Gasteiger partial charge in [-0.3, -0.25) is 14.8 Å². The Morgan fingerprint density at radius 1 is 1.11 bits per heavy atom. The minimum Gasteiger partial charge on any atom is -0.323 e. The van der Waals surface area contributed by atoms with Crippen LogP contribution in [-0.2, 0) is 11.3 Å². The molecule has 0 spiro atoms. The summed E-state index contributed by atoms with van der Waals surface area (Å²) in [4.78, 5) is 21.0. The summed E-state index contributed by atoms with van der Waals surface area (Å²) in [6.07, 6.45) is 5.19. The first-order valence-corrected chi connectivity index (χ1v) is 9.85. The first-order valence-electron chi connectivity index (χ1n) is 8.86. The Morgan fingerprint density at radius 3 is 2.79 bits per heavy atom. The number of thioether (sulfide) groups is 1. The van der Waals surface area contributed by atoms with E-state index in [1.807, 2.05) is 54.0 Å². The molecule has 0 unspecified atom stereocenters. The van der Waals surface area contributed by atoms with Gasteiger partial charge in [0, 0.05) is 36.1 Å². The average molecular weight is 390 g/mol. The third-order valence-corrected chi connectivity index (χ3v) is 5.16. The van der Waals surface area contributed by atoms with Crippen LogP contribution < -0.4 is 5.32 Å². The van der Waals surface area contributed by atoms with Crippen LogP contribution in [0.3, 0.4) is 0 Å². The minimum atomic E-state index is -0.114. The lowest BCUT2D eigenvalue weighted by atomic mass is 10.2. The summed E-state index contributed by atoms with van der Waals surface area (Å²) < 4.78 is 1.98. The van der Waals surface area contributed by atoms with Crippen molar-refractivity contribution in [1.29, 1.82) is 0 Å². The largest absolute Gasteiger partial charge is 0.323 e. The van der Waals surface area contributed by atoms with Gasteiger partial charge >= 0.3 is 0 Å². The zero-order valence-electron chi connectivity index (χ0n) is 15.2. The zero-order chi connectivity index (χ0) is 19.3. The molecular weight excluding hydrogens is 372 g/mol. The first kappa shape index (κ1) is 18.1. The van der Waals surface area contributed by atoms with Crippen molar-refractivity contribution < 1.29 is 4.79 Å². The molecule has 4 rings (SSSR count). The summed E-state index contributed by atoms with van der Waals surface area (Å²) in [6.45, 7) is 2.73. The fraction of sp³-hybridized carbons (Fsp3) is 0.150. The minimum absolute atomic E-state index is 0.114. The maximum atomic E-state index is 12.5. The molecule has 0 bridgehead atoms. The maximum Gasteiger partial charge on any atom is 0.234 e. The summed E-state index contributed by atoms with van der Waals surface area (Å²) in [5, 5.41) is 13.1. The fourth-order valence-electron chi connectivity index (χ4n) is 2.91. The van der Waals surface area contributed by atoms with Gasteiger partial charge in [-0.05, 0) is 31.2 Å². The molecule has 0 saturated carbocycles. The second kappa shape index (κ2) is 8.18. The molecule has 0 aliphatic heterocycles. The molecule has 8 heteroatoms. The molecule has 1 aromatic carbocycles. The smallest absolute Gasteiger partial charge is 0.234 e. The number of hydrogen-bond donors (Lipinski definition) is 1. The number of aromatic nitrogens is 5.